The maximum atomic E-state index is 11.2. The van der Waals surface area contributed by atoms with E-state index in [0.717, 1.165) is 31.5 Å². The smallest absolute Gasteiger partial charge is 0.305 e. The van der Waals surface area contributed by atoms with Crippen molar-refractivity contribution in [2.75, 3.05) is 19.3 Å². The number of rotatable bonds is 5. The third-order valence-electron chi connectivity index (χ3n) is 4.01. The molecule has 1 aliphatic rings. The fraction of sp³-hybridized carbons (Fsp3) is 0.533. The summed E-state index contributed by atoms with van der Waals surface area (Å²) in [6, 6.07) is 8.31. The zero-order chi connectivity index (χ0) is 13.9. The summed E-state index contributed by atoms with van der Waals surface area (Å²) in [6.07, 6.45) is 4.54. The molecule has 1 unspecified atom stereocenters. The minimum atomic E-state index is -0.733. The second-order valence-electron chi connectivity index (χ2n) is 5.27. The lowest BCUT2D eigenvalue weighted by molar-refractivity contribution is -0.140. The quantitative estimate of drug-likeness (QED) is 0.840. The Morgan fingerprint density at radius 3 is 2.37 bits per heavy atom. The van der Waals surface area contributed by atoms with Crippen LogP contribution in [-0.2, 0) is 10.3 Å². The standard InChI is InChI=1S/C15H21NO2S/c1-15(11-14(17)18,16-9-3-4-10-16)12-5-7-13(19-2)8-6-12/h5-8H,3-4,9-11H2,1-2H3,(H,17,18). The van der Waals surface area contributed by atoms with Crippen molar-refractivity contribution in [3.8, 4) is 0 Å². The molecule has 1 aromatic rings. The average molecular weight is 279 g/mol. The van der Waals surface area contributed by atoms with Crippen LogP contribution in [0.15, 0.2) is 29.2 Å². The van der Waals surface area contributed by atoms with Crippen LogP contribution in [0.2, 0.25) is 0 Å². The molecule has 19 heavy (non-hydrogen) atoms. The van der Waals surface area contributed by atoms with Gasteiger partial charge < -0.3 is 5.11 Å². The molecule has 0 aromatic heterocycles. The van der Waals surface area contributed by atoms with Gasteiger partial charge in [-0.3, -0.25) is 9.69 Å². The molecular formula is C15H21NO2S. The van der Waals surface area contributed by atoms with Gasteiger partial charge in [0, 0.05) is 4.90 Å². The van der Waals surface area contributed by atoms with Crippen molar-refractivity contribution in [1.29, 1.82) is 0 Å². The van der Waals surface area contributed by atoms with Gasteiger partial charge in [0.05, 0.1) is 12.0 Å². The van der Waals surface area contributed by atoms with E-state index in [1.54, 1.807) is 11.8 Å². The molecule has 0 bridgehead atoms. The van der Waals surface area contributed by atoms with Gasteiger partial charge in [0.15, 0.2) is 0 Å². The number of benzene rings is 1. The summed E-state index contributed by atoms with van der Waals surface area (Å²) in [7, 11) is 0. The van der Waals surface area contributed by atoms with Crippen molar-refractivity contribution in [2.45, 2.75) is 36.6 Å². The van der Waals surface area contributed by atoms with Gasteiger partial charge in [-0.05, 0) is 56.8 Å². The van der Waals surface area contributed by atoms with Crippen LogP contribution in [0.3, 0.4) is 0 Å². The van der Waals surface area contributed by atoms with Crippen LogP contribution < -0.4 is 0 Å². The van der Waals surface area contributed by atoms with Gasteiger partial charge >= 0.3 is 5.97 Å². The van der Waals surface area contributed by atoms with E-state index in [1.165, 1.54) is 4.90 Å². The molecule has 3 nitrogen and oxygen atoms in total. The summed E-state index contributed by atoms with van der Waals surface area (Å²) in [5.41, 5.74) is 0.716. The van der Waals surface area contributed by atoms with E-state index < -0.39 is 5.97 Å². The largest absolute Gasteiger partial charge is 0.481 e. The fourth-order valence-corrected chi connectivity index (χ4v) is 3.26. The maximum absolute atomic E-state index is 11.2. The van der Waals surface area contributed by atoms with Crippen molar-refractivity contribution in [1.82, 2.24) is 4.90 Å². The van der Waals surface area contributed by atoms with Crippen molar-refractivity contribution < 1.29 is 9.90 Å². The molecule has 0 amide bonds. The Morgan fingerprint density at radius 2 is 1.89 bits per heavy atom. The normalized spacial score (nSPS) is 19.3. The van der Waals surface area contributed by atoms with Crippen molar-refractivity contribution in [3.63, 3.8) is 0 Å². The van der Waals surface area contributed by atoms with E-state index in [4.69, 9.17) is 0 Å². The number of thioether (sulfide) groups is 1. The first-order valence-corrected chi connectivity index (χ1v) is 7.90. The van der Waals surface area contributed by atoms with Crippen LogP contribution in [0.4, 0.5) is 0 Å². The van der Waals surface area contributed by atoms with E-state index in [9.17, 15) is 9.90 Å². The van der Waals surface area contributed by atoms with E-state index >= 15 is 0 Å². The summed E-state index contributed by atoms with van der Waals surface area (Å²) in [5, 5.41) is 9.24. The molecule has 0 spiro atoms. The molecule has 0 radical (unpaired) electrons. The summed E-state index contributed by atoms with van der Waals surface area (Å²) >= 11 is 1.70. The minimum absolute atomic E-state index is 0.158. The molecule has 1 aliphatic heterocycles. The second-order valence-corrected chi connectivity index (χ2v) is 6.15. The van der Waals surface area contributed by atoms with Gasteiger partial charge in [0.1, 0.15) is 0 Å². The Kier molecular flexibility index (Phi) is 4.53. The van der Waals surface area contributed by atoms with E-state index in [0.29, 0.717) is 0 Å². The highest BCUT2D eigenvalue weighted by molar-refractivity contribution is 7.98. The molecule has 104 valence electrons. The molecule has 1 aromatic carbocycles. The number of hydrogen-bond acceptors (Lipinski definition) is 3. The zero-order valence-electron chi connectivity index (χ0n) is 11.6. The highest BCUT2D eigenvalue weighted by atomic mass is 32.2. The maximum Gasteiger partial charge on any atom is 0.305 e. The van der Waals surface area contributed by atoms with E-state index in [-0.39, 0.29) is 12.0 Å². The Bertz CT molecular complexity index is 440. The molecule has 0 saturated carbocycles. The lowest BCUT2D eigenvalue weighted by Crippen LogP contribution is -2.43. The van der Waals surface area contributed by atoms with Gasteiger partial charge in [-0.1, -0.05) is 12.1 Å². The number of likely N-dealkylation sites (tertiary alicyclic amines) is 1. The SMILES string of the molecule is CSc1ccc(C(C)(CC(=O)O)N2CCCC2)cc1. The highest BCUT2D eigenvalue weighted by Gasteiger charge is 2.37. The monoisotopic (exact) mass is 279 g/mol. The van der Waals surface area contributed by atoms with Crippen LogP contribution in [-0.4, -0.2) is 35.3 Å². The van der Waals surface area contributed by atoms with Gasteiger partial charge in [0.25, 0.3) is 0 Å². The first-order valence-electron chi connectivity index (χ1n) is 6.67. The lowest BCUT2D eigenvalue weighted by Gasteiger charge is -2.38. The molecule has 1 fully saturated rings. The topological polar surface area (TPSA) is 40.5 Å². The molecule has 1 atom stereocenters. The summed E-state index contributed by atoms with van der Waals surface area (Å²) in [6.45, 7) is 4.04. The van der Waals surface area contributed by atoms with Gasteiger partial charge in [-0.15, -0.1) is 11.8 Å². The Labute approximate surface area is 119 Å². The van der Waals surface area contributed by atoms with Crippen LogP contribution >= 0.6 is 11.8 Å². The average Bonchev–Trinajstić information content (AvgIpc) is 2.92. The number of carboxylic acids is 1. The Hall–Kier alpha value is -1.00. The number of nitrogens with zero attached hydrogens (tertiary/aromatic N) is 1. The van der Waals surface area contributed by atoms with Gasteiger partial charge in [-0.2, -0.15) is 0 Å². The zero-order valence-corrected chi connectivity index (χ0v) is 12.4. The van der Waals surface area contributed by atoms with Crippen molar-refractivity contribution in [2.24, 2.45) is 0 Å². The fourth-order valence-electron chi connectivity index (χ4n) is 2.85. The van der Waals surface area contributed by atoms with Gasteiger partial charge in [-0.25, -0.2) is 0 Å². The van der Waals surface area contributed by atoms with Crippen LogP contribution in [0, 0.1) is 0 Å². The van der Waals surface area contributed by atoms with Crippen molar-refractivity contribution >= 4 is 17.7 Å². The van der Waals surface area contributed by atoms with E-state index in [1.807, 2.05) is 6.26 Å². The summed E-state index contributed by atoms with van der Waals surface area (Å²) < 4.78 is 0. The Balaban J connectivity index is 2.31. The molecule has 1 saturated heterocycles. The third kappa shape index (κ3) is 3.12. The molecular weight excluding hydrogens is 258 g/mol. The first-order chi connectivity index (χ1) is 9.06. The van der Waals surface area contributed by atoms with E-state index in [2.05, 4.69) is 36.1 Å². The Morgan fingerprint density at radius 1 is 1.32 bits per heavy atom. The number of carbonyl (C=O) groups is 1. The summed E-state index contributed by atoms with van der Waals surface area (Å²) in [5.74, 6) is -0.733. The molecule has 0 aliphatic carbocycles. The molecule has 4 heteroatoms. The molecule has 1 N–H and O–H groups in total. The van der Waals surface area contributed by atoms with Crippen molar-refractivity contribution in [3.05, 3.63) is 29.8 Å². The third-order valence-corrected chi connectivity index (χ3v) is 4.75. The van der Waals surface area contributed by atoms with Crippen LogP contribution in [0.5, 0.6) is 0 Å². The number of hydrogen-bond donors (Lipinski definition) is 1. The first kappa shape index (κ1) is 14.4. The minimum Gasteiger partial charge on any atom is -0.481 e. The molecule has 2 rings (SSSR count). The predicted molar refractivity (Wildman–Crippen MR) is 78.6 cm³/mol. The number of carboxylic acid groups (broad SMARTS) is 1. The highest BCUT2D eigenvalue weighted by Crippen LogP contribution is 2.35. The predicted octanol–water partition coefficient (Wildman–Crippen LogP) is 3.19. The van der Waals surface area contributed by atoms with Gasteiger partial charge in [0.2, 0.25) is 0 Å². The van der Waals surface area contributed by atoms with Crippen LogP contribution in [0.1, 0.15) is 31.7 Å². The second kappa shape index (κ2) is 5.97. The number of aliphatic carboxylic acids is 1. The summed E-state index contributed by atoms with van der Waals surface area (Å²) in [4.78, 5) is 14.8. The van der Waals surface area contributed by atoms with Crippen LogP contribution in [0.25, 0.3) is 0 Å². The molecule has 1 heterocycles. The lowest BCUT2D eigenvalue weighted by atomic mass is 9.87.